The van der Waals surface area contributed by atoms with Gasteiger partial charge >= 0.3 is 0 Å². The molecular formula is C10H17O. The van der Waals surface area contributed by atoms with E-state index in [4.69, 9.17) is 0 Å². The Hall–Kier alpha value is -0.0400. The molecular weight excluding hydrogens is 136 g/mol. The van der Waals surface area contributed by atoms with Crippen molar-refractivity contribution in [3.63, 3.8) is 0 Å². The fourth-order valence-electron chi connectivity index (χ4n) is 2.63. The van der Waals surface area contributed by atoms with E-state index in [9.17, 15) is 5.11 Å². The molecule has 2 aliphatic carbocycles. The van der Waals surface area contributed by atoms with Crippen LogP contribution < -0.4 is 0 Å². The lowest BCUT2D eigenvalue weighted by Gasteiger charge is -2.37. The molecule has 0 spiro atoms. The van der Waals surface area contributed by atoms with Crippen molar-refractivity contribution in [1.29, 1.82) is 0 Å². The molecule has 2 rings (SSSR count). The Balaban J connectivity index is 1.93. The molecule has 2 saturated carbocycles. The van der Waals surface area contributed by atoms with Crippen molar-refractivity contribution in [3.8, 4) is 0 Å². The number of fused-ring (bicyclic) bond motifs is 1. The first-order valence-corrected chi connectivity index (χ1v) is 4.86. The molecule has 0 aromatic heterocycles. The van der Waals surface area contributed by atoms with E-state index in [1.165, 1.54) is 25.7 Å². The van der Waals surface area contributed by atoms with E-state index in [1.54, 1.807) is 0 Å². The molecule has 0 bridgehead atoms. The van der Waals surface area contributed by atoms with Crippen molar-refractivity contribution in [2.75, 3.05) is 0 Å². The van der Waals surface area contributed by atoms with E-state index in [0.717, 1.165) is 24.7 Å². The summed E-state index contributed by atoms with van der Waals surface area (Å²) in [6, 6.07) is 0. The Bertz CT molecular complexity index is 133. The van der Waals surface area contributed by atoms with Gasteiger partial charge in [0.1, 0.15) is 0 Å². The number of hydrogen-bond acceptors (Lipinski definition) is 1. The van der Waals surface area contributed by atoms with Crippen LogP contribution in [-0.4, -0.2) is 11.2 Å². The predicted molar refractivity (Wildman–Crippen MR) is 45.0 cm³/mol. The number of rotatable bonds is 0. The van der Waals surface area contributed by atoms with E-state index < -0.39 is 0 Å². The normalized spacial score (nSPS) is 45.0. The molecule has 0 aromatic carbocycles. The lowest BCUT2D eigenvalue weighted by molar-refractivity contribution is 0.0576. The van der Waals surface area contributed by atoms with Gasteiger partial charge in [0.05, 0.1) is 6.10 Å². The van der Waals surface area contributed by atoms with E-state index in [1.807, 2.05) is 0 Å². The first kappa shape index (κ1) is 7.60. The maximum Gasteiger partial charge on any atom is 0.0543 e. The molecule has 0 aromatic rings. The van der Waals surface area contributed by atoms with Gasteiger partial charge in [-0.3, -0.25) is 0 Å². The van der Waals surface area contributed by atoms with Crippen LogP contribution in [0.4, 0.5) is 0 Å². The van der Waals surface area contributed by atoms with Gasteiger partial charge in [-0.25, -0.2) is 0 Å². The van der Waals surface area contributed by atoms with Gasteiger partial charge in [-0.2, -0.15) is 0 Å². The molecule has 0 saturated heterocycles. The maximum atomic E-state index is 9.43. The summed E-state index contributed by atoms with van der Waals surface area (Å²) < 4.78 is 0. The topological polar surface area (TPSA) is 20.2 Å². The highest BCUT2D eigenvalue weighted by Crippen LogP contribution is 2.39. The van der Waals surface area contributed by atoms with E-state index in [-0.39, 0.29) is 6.10 Å². The summed E-state index contributed by atoms with van der Waals surface area (Å²) in [6.07, 6.45) is 9.79. The van der Waals surface area contributed by atoms with Gasteiger partial charge in [0, 0.05) is 0 Å². The monoisotopic (exact) mass is 153 g/mol. The third-order valence-electron chi connectivity index (χ3n) is 3.32. The van der Waals surface area contributed by atoms with Crippen molar-refractivity contribution in [3.05, 3.63) is 6.42 Å². The van der Waals surface area contributed by atoms with Crippen LogP contribution >= 0.6 is 0 Å². The van der Waals surface area contributed by atoms with Gasteiger partial charge in [0.2, 0.25) is 0 Å². The zero-order chi connectivity index (χ0) is 7.68. The van der Waals surface area contributed by atoms with Crippen molar-refractivity contribution in [2.45, 2.75) is 44.6 Å². The second-order valence-corrected chi connectivity index (χ2v) is 4.09. The Kier molecular flexibility index (Phi) is 2.17. The van der Waals surface area contributed by atoms with Crippen LogP contribution in [0.1, 0.15) is 38.5 Å². The van der Waals surface area contributed by atoms with E-state index in [2.05, 4.69) is 6.42 Å². The Labute approximate surface area is 68.8 Å². The molecule has 11 heavy (non-hydrogen) atoms. The van der Waals surface area contributed by atoms with Crippen molar-refractivity contribution >= 4 is 0 Å². The van der Waals surface area contributed by atoms with Crippen LogP contribution in [0.2, 0.25) is 0 Å². The molecule has 3 atom stereocenters. The van der Waals surface area contributed by atoms with Crippen molar-refractivity contribution < 1.29 is 5.11 Å². The smallest absolute Gasteiger partial charge is 0.0543 e. The SMILES string of the molecule is OC1CCC2CC[CH]CC2C1. The lowest BCUT2D eigenvalue weighted by Crippen LogP contribution is -2.30. The Morgan fingerprint density at radius 1 is 1.09 bits per heavy atom. The quantitative estimate of drug-likeness (QED) is 0.565. The maximum absolute atomic E-state index is 9.43. The minimum atomic E-state index is 0.0164. The minimum absolute atomic E-state index is 0.0164. The van der Waals surface area contributed by atoms with Gasteiger partial charge in [0.25, 0.3) is 0 Å². The summed E-state index contributed by atoms with van der Waals surface area (Å²) >= 11 is 0. The standard InChI is InChI=1S/C10H17O/c11-10-6-5-8-3-1-2-4-9(8)7-10/h2,8-11H,1,3-7H2. The first-order chi connectivity index (χ1) is 5.36. The summed E-state index contributed by atoms with van der Waals surface area (Å²) in [4.78, 5) is 0. The lowest BCUT2D eigenvalue weighted by atomic mass is 9.70. The molecule has 1 heteroatoms. The molecule has 1 nitrogen and oxygen atoms in total. The average Bonchev–Trinajstić information content (AvgIpc) is 2.04. The number of aliphatic hydroxyl groups is 1. The molecule has 0 amide bonds. The molecule has 0 heterocycles. The van der Waals surface area contributed by atoms with Crippen molar-refractivity contribution in [1.82, 2.24) is 0 Å². The zero-order valence-electron chi connectivity index (χ0n) is 7.00. The van der Waals surface area contributed by atoms with Crippen LogP contribution in [0.15, 0.2) is 0 Å². The fraction of sp³-hybridized carbons (Fsp3) is 0.900. The van der Waals surface area contributed by atoms with E-state index >= 15 is 0 Å². The zero-order valence-corrected chi connectivity index (χ0v) is 7.00. The highest BCUT2D eigenvalue weighted by atomic mass is 16.3. The van der Waals surface area contributed by atoms with Gasteiger partial charge in [-0.05, 0) is 56.8 Å². The molecule has 2 aliphatic rings. The van der Waals surface area contributed by atoms with Gasteiger partial charge in [-0.1, -0.05) is 0 Å². The van der Waals surface area contributed by atoms with Crippen LogP contribution in [0.5, 0.6) is 0 Å². The molecule has 3 unspecified atom stereocenters. The van der Waals surface area contributed by atoms with Gasteiger partial charge in [-0.15, -0.1) is 0 Å². The second kappa shape index (κ2) is 3.14. The number of hydrogen-bond donors (Lipinski definition) is 1. The Morgan fingerprint density at radius 3 is 2.91 bits per heavy atom. The van der Waals surface area contributed by atoms with Gasteiger partial charge < -0.3 is 5.11 Å². The average molecular weight is 153 g/mol. The van der Waals surface area contributed by atoms with Gasteiger partial charge in [0.15, 0.2) is 0 Å². The summed E-state index contributed by atoms with van der Waals surface area (Å²) in [5.74, 6) is 1.77. The third-order valence-corrected chi connectivity index (χ3v) is 3.32. The molecule has 63 valence electrons. The Morgan fingerprint density at radius 2 is 2.00 bits per heavy atom. The van der Waals surface area contributed by atoms with Crippen LogP contribution in [0, 0.1) is 18.3 Å². The summed E-state index contributed by atoms with van der Waals surface area (Å²) in [7, 11) is 0. The van der Waals surface area contributed by atoms with Crippen LogP contribution in [0.25, 0.3) is 0 Å². The van der Waals surface area contributed by atoms with Crippen molar-refractivity contribution in [2.24, 2.45) is 11.8 Å². The molecule has 1 radical (unpaired) electrons. The largest absolute Gasteiger partial charge is 0.393 e. The fourth-order valence-corrected chi connectivity index (χ4v) is 2.63. The predicted octanol–water partition coefficient (Wildman–Crippen LogP) is 2.15. The second-order valence-electron chi connectivity index (χ2n) is 4.09. The highest BCUT2D eigenvalue weighted by molar-refractivity contribution is 4.88. The number of aliphatic hydroxyl groups excluding tert-OH is 1. The molecule has 2 fully saturated rings. The summed E-state index contributed by atoms with van der Waals surface area (Å²) in [5.41, 5.74) is 0. The molecule has 0 aliphatic heterocycles. The molecule has 1 N–H and O–H groups in total. The third kappa shape index (κ3) is 1.58. The highest BCUT2D eigenvalue weighted by Gasteiger charge is 2.30. The summed E-state index contributed by atoms with van der Waals surface area (Å²) in [6.45, 7) is 0. The first-order valence-electron chi connectivity index (χ1n) is 4.86. The minimum Gasteiger partial charge on any atom is -0.393 e. The summed E-state index contributed by atoms with van der Waals surface area (Å²) in [5, 5.41) is 9.43. The van der Waals surface area contributed by atoms with Crippen LogP contribution in [-0.2, 0) is 0 Å². The van der Waals surface area contributed by atoms with Crippen LogP contribution in [0.3, 0.4) is 0 Å². The van der Waals surface area contributed by atoms with E-state index in [0.29, 0.717) is 0 Å².